The van der Waals surface area contributed by atoms with E-state index in [1.165, 1.54) is 25.3 Å². The van der Waals surface area contributed by atoms with Crippen molar-refractivity contribution in [1.82, 2.24) is 5.32 Å². The minimum atomic E-state index is -1.50. The van der Waals surface area contributed by atoms with E-state index >= 15 is 0 Å². The lowest BCUT2D eigenvalue weighted by molar-refractivity contribution is 0.252. The molecule has 0 aliphatic carbocycles. The van der Waals surface area contributed by atoms with Crippen LogP contribution in [0.3, 0.4) is 0 Å². The number of ether oxygens (including phenoxy) is 1. The first kappa shape index (κ1) is 17.0. The van der Waals surface area contributed by atoms with Crippen molar-refractivity contribution in [2.45, 2.75) is 4.90 Å². The number of amides is 2. The first-order valence-corrected chi connectivity index (χ1v) is 8.24. The molecule has 2 N–H and O–H groups in total. The Morgan fingerprint density at radius 3 is 2.74 bits per heavy atom. The van der Waals surface area contributed by atoms with Crippen LogP contribution in [0, 0.1) is 5.82 Å². The third-order valence-corrected chi connectivity index (χ3v) is 4.38. The monoisotopic (exact) mass is 336 g/mol. The molecule has 0 saturated carbocycles. The number of benzene rings is 2. The van der Waals surface area contributed by atoms with E-state index in [-0.39, 0.29) is 17.2 Å². The summed E-state index contributed by atoms with van der Waals surface area (Å²) < 4.78 is 30.5. The molecule has 5 nitrogen and oxygen atoms in total. The SMILES string of the molecule is COc1cccc(NC(=O)NCC[S@@](=O)c2ccccc2F)c1. The van der Waals surface area contributed by atoms with Crippen molar-refractivity contribution in [2.75, 3.05) is 24.7 Å². The van der Waals surface area contributed by atoms with Gasteiger partial charge in [0.15, 0.2) is 0 Å². The summed E-state index contributed by atoms with van der Waals surface area (Å²) in [5.41, 5.74) is 0.581. The third kappa shape index (κ3) is 5.07. The lowest BCUT2D eigenvalue weighted by Gasteiger charge is -2.09. The molecule has 2 aromatic carbocycles. The molecule has 0 aromatic heterocycles. The molecule has 0 fully saturated rings. The molecule has 7 heteroatoms. The highest BCUT2D eigenvalue weighted by molar-refractivity contribution is 7.85. The molecule has 2 aromatic rings. The van der Waals surface area contributed by atoms with Crippen molar-refractivity contribution in [2.24, 2.45) is 0 Å². The highest BCUT2D eigenvalue weighted by Gasteiger charge is 2.09. The topological polar surface area (TPSA) is 67.4 Å². The van der Waals surface area contributed by atoms with Crippen LogP contribution in [0.1, 0.15) is 0 Å². The molecule has 0 unspecified atom stereocenters. The number of hydrogen-bond donors (Lipinski definition) is 2. The summed E-state index contributed by atoms with van der Waals surface area (Å²) in [7, 11) is 0.0384. The van der Waals surface area contributed by atoms with Gasteiger partial charge in [-0.2, -0.15) is 0 Å². The fourth-order valence-electron chi connectivity index (χ4n) is 1.87. The van der Waals surface area contributed by atoms with E-state index in [9.17, 15) is 13.4 Å². The fourth-order valence-corrected chi connectivity index (χ4v) is 2.90. The number of nitrogens with one attached hydrogen (secondary N) is 2. The van der Waals surface area contributed by atoms with Crippen molar-refractivity contribution in [1.29, 1.82) is 0 Å². The van der Waals surface area contributed by atoms with Gasteiger partial charge in [-0.25, -0.2) is 9.18 Å². The number of anilines is 1. The molecule has 0 bridgehead atoms. The fraction of sp³-hybridized carbons (Fsp3) is 0.188. The molecule has 1 atom stereocenters. The second-order valence-electron chi connectivity index (χ2n) is 4.59. The predicted molar refractivity (Wildman–Crippen MR) is 87.7 cm³/mol. The van der Waals surface area contributed by atoms with Gasteiger partial charge < -0.3 is 15.4 Å². The van der Waals surface area contributed by atoms with Crippen molar-refractivity contribution in [3.8, 4) is 5.75 Å². The first-order valence-electron chi connectivity index (χ1n) is 6.92. The van der Waals surface area contributed by atoms with Gasteiger partial charge in [-0.3, -0.25) is 4.21 Å². The Hall–Kier alpha value is -2.41. The highest BCUT2D eigenvalue weighted by atomic mass is 32.2. The number of hydrogen-bond acceptors (Lipinski definition) is 3. The molecule has 2 rings (SSSR count). The molecule has 2 amide bonds. The maximum atomic E-state index is 13.5. The molecule has 0 heterocycles. The summed E-state index contributed by atoms with van der Waals surface area (Å²) in [5.74, 6) is 0.252. The van der Waals surface area contributed by atoms with E-state index in [1.807, 2.05) is 0 Å². The smallest absolute Gasteiger partial charge is 0.319 e. The molecular formula is C16H17FN2O3S. The highest BCUT2D eigenvalue weighted by Crippen LogP contribution is 2.16. The zero-order valence-corrected chi connectivity index (χ0v) is 13.4. The quantitative estimate of drug-likeness (QED) is 0.852. The van der Waals surface area contributed by atoms with Crippen LogP contribution in [0.5, 0.6) is 5.75 Å². The first-order chi connectivity index (χ1) is 11.1. The van der Waals surface area contributed by atoms with Crippen molar-refractivity contribution < 1.29 is 18.1 Å². The van der Waals surface area contributed by atoms with Crippen LogP contribution in [0.15, 0.2) is 53.4 Å². The molecular weight excluding hydrogens is 319 g/mol. The average Bonchev–Trinajstić information content (AvgIpc) is 2.55. The second kappa shape index (κ2) is 8.28. The van der Waals surface area contributed by atoms with Gasteiger partial charge in [0, 0.05) is 24.1 Å². The van der Waals surface area contributed by atoms with Gasteiger partial charge in [0.2, 0.25) is 0 Å². The number of urea groups is 1. The van der Waals surface area contributed by atoms with Crippen molar-refractivity contribution in [3.63, 3.8) is 0 Å². The van der Waals surface area contributed by atoms with Crippen molar-refractivity contribution >= 4 is 22.5 Å². The van der Waals surface area contributed by atoms with Gasteiger partial charge in [0.25, 0.3) is 0 Å². The Morgan fingerprint density at radius 2 is 2.00 bits per heavy atom. The Kier molecular flexibility index (Phi) is 6.10. The summed E-state index contributed by atoms with van der Waals surface area (Å²) in [5, 5.41) is 5.22. The Bertz CT molecular complexity index is 709. The predicted octanol–water partition coefficient (Wildman–Crippen LogP) is 2.76. The van der Waals surface area contributed by atoms with Gasteiger partial charge in [0.05, 0.1) is 22.8 Å². The number of rotatable bonds is 6. The zero-order chi connectivity index (χ0) is 16.7. The molecule has 0 aliphatic rings. The van der Waals surface area contributed by atoms with E-state index in [0.29, 0.717) is 11.4 Å². The van der Waals surface area contributed by atoms with Gasteiger partial charge in [0.1, 0.15) is 11.6 Å². The van der Waals surface area contributed by atoms with E-state index in [1.54, 1.807) is 30.3 Å². The number of carbonyl (C=O) groups excluding carboxylic acids is 1. The van der Waals surface area contributed by atoms with Crippen LogP contribution in [-0.2, 0) is 10.8 Å². The molecule has 0 radical (unpaired) electrons. The molecule has 0 saturated heterocycles. The minimum absolute atomic E-state index is 0.131. The second-order valence-corrected chi connectivity index (χ2v) is 6.13. The van der Waals surface area contributed by atoms with E-state index < -0.39 is 22.6 Å². The van der Waals surface area contributed by atoms with Gasteiger partial charge in [-0.1, -0.05) is 18.2 Å². The van der Waals surface area contributed by atoms with Crippen LogP contribution >= 0.6 is 0 Å². The summed E-state index contributed by atoms with van der Waals surface area (Å²) in [6.07, 6.45) is 0. The Morgan fingerprint density at radius 1 is 1.22 bits per heavy atom. The van der Waals surface area contributed by atoms with Crippen LogP contribution < -0.4 is 15.4 Å². The normalized spacial score (nSPS) is 11.6. The standard InChI is InChI=1S/C16H17FN2O3S/c1-22-13-6-4-5-12(11-13)19-16(20)18-9-10-23(21)15-8-3-2-7-14(15)17/h2-8,11H,9-10H2,1H3,(H2,18,19,20)/t23-/m1/s1. The van der Waals surface area contributed by atoms with Crippen LogP contribution in [0.25, 0.3) is 0 Å². The van der Waals surface area contributed by atoms with Gasteiger partial charge in [-0.15, -0.1) is 0 Å². The summed E-state index contributed by atoms with van der Waals surface area (Å²) in [6.45, 7) is 0.163. The number of carbonyl (C=O) groups is 1. The third-order valence-electron chi connectivity index (χ3n) is 2.98. The van der Waals surface area contributed by atoms with E-state index in [2.05, 4.69) is 10.6 Å². The average molecular weight is 336 g/mol. The molecule has 0 spiro atoms. The van der Waals surface area contributed by atoms with Gasteiger partial charge >= 0.3 is 6.03 Å². The van der Waals surface area contributed by atoms with Gasteiger partial charge in [-0.05, 0) is 24.3 Å². The summed E-state index contributed by atoms with van der Waals surface area (Å²) in [4.78, 5) is 11.9. The maximum absolute atomic E-state index is 13.5. The summed E-state index contributed by atoms with van der Waals surface area (Å²) in [6, 6.07) is 12.4. The largest absolute Gasteiger partial charge is 0.497 e. The molecule has 0 aliphatic heterocycles. The van der Waals surface area contributed by atoms with E-state index in [0.717, 1.165) is 0 Å². The summed E-state index contributed by atoms with van der Waals surface area (Å²) >= 11 is 0. The maximum Gasteiger partial charge on any atom is 0.319 e. The zero-order valence-electron chi connectivity index (χ0n) is 12.5. The Balaban J connectivity index is 1.80. The Labute approximate surface area is 136 Å². The van der Waals surface area contributed by atoms with Crippen LogP contribution in [0.2, 0.25) is 0 Å². The lowest BCUT2D eigenvalue weighted by atomic mass is 10.3. The molecule has 23 heavy (non-hydrogen) atoms. The van der Waals surface area contributed by atoms with Crippen LogP contribution in [0.4, 0.5) is 14.9 Å². The minimum Gasteiger partial charge on any atom is -0.497 e. The number of halogens is 1. The molecule has 122 valence electrons. The van der Waals surface area contributed by atoms with Crippen molar-refractivity contribution in [3.05, 3.63) is 54.3 Å². The lowest BCUT2D eigenvalue weighted by Crippen LogP contribution is -2.32. The van der Waals surface area contributed by atoms with E-state index in [4.69, 9.17) is 4.74 Å². The number of methoxy groups -OCH3 is 1. The van der Waals surface area contributed by atoms with Crippen LogP contribution in [-0.4, -0.2) is 29.6 Å².